The van der Waals surface area contributed by atoms with E-state index in [1.807, 2.05) is 0 Å². The lowest BCUT2D eigenvalue weighted by molar-refractivity contribution is 0.344. The molecule has 2 rings (SSSR count). The summed E-state index contributed by atoms with van der Waals surface area (Å²) in [6, 6.07) is 0. The number of nitrogens with two attached hydrogens (primary N) is 1. The highest BCUT2D eigenvalue weighted by molar-refractivity contribution is 7.99. The second-order valence-corrected chi connectivity index (χ2v) is 4.84. The van der Waals surface area contributed by atoms with Crippen LogP contribution in [-0.2, 0) is 0 Å². The Balaban J connectivity index is 1.97. The topological polar surface area (TPSA) is 26.0 Å². The number of rotatable bonds is 1. The summed E-state index contributed by atoms with van der Waals surface area (Å²) in [7, 11) is 0. The van der Waals surface area contributed by atoms with Crippen LogP contribution in [0.5, 0.6) is 0 Å². The summed E-state index contributed by atoms with van der Waals surface area (Å²) in [5.41, 5.74) is 6.52. The maximum absolute atomic E-state index is 6.25. The summed E-state index contributed by atoms with van der Waals surface area (Å²) in [6.45, 7) is 0. The number of hydrogen-bond acceptors (Lipinski definition) is 2. The Morgan fingerprint density at radius 1 is 1.20 bits per heavy atom. The zero-order valence-electron chi connectivity index (χ0n) is 6.31. The fourth-order valence-corrected chi connectivity index (χ4v) is 3.07. The molecule has 1 heterocycles. The molecule has 58 valence electrons. The Morgan fingerprint density at radius 2 is 1.80 bits per heavy atom. The van der Waals surface area contributed by atoms with E-state index in [4.69, 9.17) is 5.73 Å². The largest absolute Gasteiger partial charge is 0.325 e. The molecule has 2 heteroatoms. The van der Waals surface area contributed by atoms with E-state index in [1.165, 1.54) is 37.2 Å². The molecule has 1 aliphatic heterocycles. The molecule has 0 unspecified atom stereocenters. The Labute approximate surface area is 66.7 Å². The third-order valence-corrected chi connectivity index (χ3v) is 3.80. The van der Waals surface area contributed by atoms with Gasteiger partial charge in [-0.15, -0.1) is 0 Å². The minimum atomic E-state index is 0.269. The van der Waals surface area contributed by atoms with Crippen molar-refractivity contribution in [1.82, 2.24) is 0 Å². The van der Waals surface area contributed by atoms with Crippen LogP contribution in [0.4, 0.5) is 0 Å². The third kappa shape index (κ3) is 1.19. The molecule has 0 atom stereocenters. The second-order valence-electron chi connectivity index (χ2n) is 3.62. The van der Waals surface area contributed by atoms with Gasteiger partial charge in [0.15, 0.2) is 0 Å². The molecular formula is C8H15NS. The lowest BCUT2D eigenvalue weighted by Crippen LogP contribution is -2.45. The molecule has 0 aromatic rings. The summed E-state index contributed by atoms with van der Waals surface area (Å²) < 4.78 is 0. The molecule has 0 bridgehead atoms. The molecule has 0 spiro atoms. The van der Waals surface area contributed by atoms with Crippen molar-refractivity contribution in [2.45, 2.75) is 31.2 Å². The first-order chi connectivity index (χ1) is 4.81. The minimum Gasteiger partial charge on any atom is -0.325 e. The molecular weight excluding hydrogens is 142 g/mol. The molecule has 2 aliphatic rings. The molecule has 1 nitrogen and oxygen atoms in total. The molecule has 2 N–H and O–H groups in total. The quantitative estimate of drug-likeness (QED) is 0.626. The molecule has 0 radical (unpaired) electrons. The highest BCUT2D eigenvalue weighted by Crippen LogP contribution is 2.44. The molecule has 1 saturated carbocycles. The maximum atomic E-state index is 6.25. The van der Waals surface area contributed by atoms with Crippen LogP contribution in [0.1, 0.15) is 25.7 Å². The normalized spacial score (nSPS) is 32.1. The van der Waals surface area contributed by atoms with Crippen LogP contribution < -0.4 is 5.73 Å². The zero-order chi connectivity index (χ0) is 7.03. The van der Waals surface area contributed by atoms with E-state index in [1.54, 1.807) is 0 Å². The van der Waals surface area contributed by atoms with Crippen molar-refractivity contribution in [2.24, 2.45) is 11.7 Å². The molecule has 10 heavy (non-hydrogen) atoms. The van der Waals surface area contributed by atoms with Gasteiger partial charge in [0.25, 0.3) is 0 Å². The van der Waals surface area contributed by atoms with Gasteiger partial charge in [0, 0.05) is 5.54 Å². The Kier molecular flexibility index (Phi) is 1.69. The van der Waals surface area contributed by atoms with Gasteiger partial charge in [-0.05, 0) is 43.1 Å². The number of hydrogen-bond donors (Lipinski definition) is 1. The average molecular weight is 157 g/mol. The van der Waals surface area contributed by atoms with E-state index in [9.17, 15) is 0 Å². The SMILES string of the molecule is NC1(C2CC2)CCSCC1. The first kappa shape index (κ1) is 6.99. The van der Waals surface area contributed by atoms with E-state index in [2.05, 4.69) is 11.8 Å². The summed E-state index contributed by atoms with van der Waals surface area (Å²) in [4.78, 5) is 0. The van der Waals surface area contributed by atoms with Gasteiger partial charge in [0.05, 0.1) is 0 Å². The van der Waals surface area contributed by atoms with E-state index >= 15 is 0 Å². The average Bonchev–Trinajstić information content (AvgIpc) is 2.69. The van der Waals surface area contributed by atoms with E-state index in [0.29, 0.717) is 0 Å². The lowest BCUT2D eigenvalue weighted by atomic mass is 9.88. The van der Waals surface area contributed by atoms with E-state index in [0.717, 1.165) is 5.92 Å². The highest BCUT2D eigenvalue weighted by Gasteiger charge is 2.42. The summed E-state index contributed by atoms with van der Waals surface area (Å²) in [5.74, 6) is 3.49. The highest BCUT2D eigenvalue weighted by atomic mass is 32.2. The Morgan fingerprint density at radius 3 is 2.30 bits per heavy atom. The minimum absolute atomic E-state index is 0.269. The molecule has 1 saturated heterocycles. The van der Waals surface area contributed by atoms with Crippen LogP contribution in [-0.4, -0.2) is 17.0 Å². The van der Waals surface area contributed by atoms with Crippen molar-refractivity contribution in [2.75, 3.05) is 11.5 Å². The van der Waals surface area contributed by atoms with Crippen molar-refractivity contribution >= 4 is 11.8 Å². The first-order valence-corrected chi connectivity index (χ1v) is 5.33. The first-order valence-electron chi connectivity index (χ1n) is 4.18. The summed E-state index contributed by atoms with van der Waals surface area (Å²) in [5, 5.41) is 0. The van der Waals surface area contributed by atoms with Gasteiger partial charge in [0.1, 0.15) is 0 Å². The zero-order valence-corrected chi connectivity index (χ0v) is 7.12. The van der Waals surface area contributed by atoms with Crippen molar-refractivity contribution in [3.63, 3.8) is 0 Å². The summed E-state index contributed by atoms with van der Waals surface area (Å²) in [6.07, 6.45) is 5.34. The smallest absolute Gasteiger partial charge is 0.0198 e. The van der Waals surface area contributed by atoms with Crippen molar-refractivity contribution in [3.8, 4) is 0 Å². The van der Waals surface area contributed by atoms with Gasteiger partial charge in [-0.25, -0.2) is 0 Å². The van der Waals surface area contributed by atoms with Crippen LogP contribution >= 0.6 is 11.8 Å². The van der Waals surface area contributed by atoms with Gasteiger partial charge < -0.3 is 5.73 Å². The van der Waals surface area contributed by atoms with Gasteiger partial charge >= 0.3 is 0 Å². The predicted molar refractivity (Wildman–Crippen MR) is 46.2 cm³/mol. The predicted octanol–water partition coefficient (Wildman–Crippen LogP) is 1.62. The maximum Gasteiger partial charge on any atom is 0.0198 e. The molecule has 1 aliphatic carbocycles. The summed E-state index contributed by atoms with van der Waals surface area (Å²) >= 11 is 2.06. The molecule has 2 fully saturated rings. The van der Waals surface area contributed by atoms with Crippen LogP contribution in [0.15, 0.2) is 0 Å². The van der Waals surface area contributed by atoms with E-state index < -0.39 is 0 Å². The molecule has 0 aromatic carbocycles. The third-order valence-electron chi connectivity index (χ3n) is 2.81. The Hall–Kier alpha value is 0.310. The standard InChI is InChI=1S/C8H15NS/c9-8(7-1-2-7)3-5-10-6-4-8/h7H,1-6,9H2. The monoisotopic (exact) mass is 157 g/mol. The lowest BCUT2D eigenvalue weighted by Gasteiger charge is -2.33. The van der Waals surface area contributed by atoms with Crippen LogP contribution in [0.25, 0.3) is 0 Å². The van der Waals surface area contributed by atoms with Gasteiger partial charge in [-0.2, -0.15) is 11.8 Å². The second kappa shape index (κ2) is 2.42. The van der Waals surface area contributed by atoms with Crippen LogP contribution in [0.2, 0.25) is 0 Å². The van der Waals surface area contributed by atoms with Gasteiger partial charge in [-0.3, -0.25) is 0 Å². The van der Waals surface area contributed by atoms with Crippen molar-refractivity contribution < 1.29 is 0 Å². The number of thioether (sulfide) groups is 1. The van der Waals surface area contributed by atoms with E-state index in [-0.39, 0.29) is 5.54 Å². The Bertz CT molecular complexity index is 125. The molecule has 0 amide bonds. The van der Waals surface area contributed by atoms with Crippen LogP contribution in [0, 0.1) is 5.92 Å². The van der Waals surface area contributed by atoms with Crippen molar-refractivity contribution in [1.29, 1.82) is 0 Å². The molecule has 0 aromatic heterocycles. The van der Waals surface area contributed by atoms with Gasteiger partial charge in [-0.1, -0.05) is 0 Å². The van der Waals surface area contributed by atoms with Crippen LogP contribution in [0.3, 0.4) is 0 Å². The van der Waals surface area contributed by atoms with Gasteiger partial charge in [0.2, 0.25) is 0 Å². The fraction of sp³-hybridized carbons (Fsp3) is 1.00. The van der Waals surface area contributed by atoms with Crippen molar-refractivity contribution in [3.05, 3.63) is 0 Å². The fourth-order valence-electron chi connectivity index (χ4n) is 1.82.